The molecule has 0 heterocycles. The van der Waals surface area contributed by atoms with E-state index in [0.29, 0.717) is 0 Å². The van der Waals surface area contributed by atoms with Gasteiger partial charge in [0.2, 0.25) is 0 Å². The van der Waals surface area contributed by atoms with E-state index in [9.17, 15) is 0 Å². The molecule has 0 bridgehead atoms. The van der Waals surface area contributed by atoms with Gasteiger partial charge in [-0.15, -0.1) is 0 Å². The van der Waals surface area contributed by atoms with Crippen LogP contribution >= 0.6 is 0 Å². The molecule has 0 radical (unpaired) electrons. The van der Waals surface area contributed by atoms with Crippen LogP contribution in [0.15, 0.2) is 48.5 Å². The highest BCUT2D eigenvalue weighted by atomic mass is 14.3. The Morgan fingerprint density at radius 1 is 0.600 bits per heavy atom. The molecule has 2 saturated carbocycles. The van der Waals surface area contributed by atoms with E-state index >= 15 is 0 Å². The first-order valence-corrected chi connectivity index (χ1v) is 15.4. The number of hydrogen-bond acceptors (Lipinski definition) is 0. The average molecular weight is 473 g/mol. The first kappa shape index (κ1) is 26.5. The number of rotatable bonds is 12. The molecule has 2 aromatic rings. The summed E-state index contributed by atoms with van der Waals surface area (Å²) in [5.74, 6) is 3.72. The lowest BCUT2D eigenvalue weighted by molar-refractivity contribution is 0.250. The van der Waals surface area contributed by atoms with Gasteiger partial charge in [0, 0.05) is 0 Å². The minimum Gasteiger partial charge on any atom is -0.0654 e. The molecule has 2 fully saturated rings. The van der Waals surface area contributed by atoms with Crippen molar-refractivity contribution < 1.29 is 0 Å². The average Bonchev–Trinajstić information content (AvgIpc) is 2.92. The van der Waals surface area contributed by atoms with Gasteiger partial charge in [0.25, 0.3) is 0 Å². The maximum Gasteiger partial charge on any atom is -0.0149 e. The minimum atomic E-state index is 0.751. The van der Waals surface area contributed by atoms with Crippen molar-refractivity contribution in [3.05, 3.63) is 59.7 Å². The summed E-state index contributed by atoms with van der Waals surface area (Å²) >= 11 is 0. The standard InChI is InChI=1S/C35H52/c1-3-5-8-12-29-21-24-33(25-22-29)35-27-31(23-26-34(35)32-13-9-7-10-14-32)20-19-30-17-15-28(16-18-30)11-6-4-2/h7,9-10,13-14,23,26-30,33H,3-6,8,11-12,15-22,24-25H2,1-2H3. The van der Waals surface area contributed by atoms with Crippen LogP contribution in [0.1, 0.15) is 134 Å². The number of aryl methyl sites for hydroxylation is 1. The summed E-state index contributed by atoms with van der Waals surface area (Å²) in [7, 11) is 0. The SMILES string of the molecule is CCCCCC1CCC(c2cc(CCC3CCC(CCCC)CC3)ccc2-c2ccccc2)CC1. The van der Waals surface area contributed by atoms with Gasteiger partial charge in [-0.2, -0.15) is 0 Å². The normalized spacial score (nSPS) is 25.0. The molecular weight excluding hydrogens is 420 g/mol. The third kappa shape index (κ3) is 7.96. The fraction of sp³-hybridized carbons (Fsp3) is 0.657. The van der Waals surface area contributed by atoms with Crippen LogP contribution in [0, 0.1) is 17.8 Å². The zero-order chi connectivity index (χ0) is 24.3. The highest BCUT2D eigenvalue weighted by Gasteiger charge is 2.25. The maximum atomic E-state index is 2.64. The van der Waals surface area contributed by atoms with Crippen molar-refractivity contribution in [3.8, 4) is 11.1 Å². The predicted molar refractivity (Wildman–Crippen MR) is 154 cm³/mol. The van der Waals surface area contributed by atoms with Crippen LogP contribution in [0.5, 0.6) is 0 Å². The zero-order valence-corrected chi connectivity index (χ0v) is 22.9. The van der Waals surface area contributed by atoms with Gasteiger partial charge in [-0.1, -0.05) is 133 Å². The monoisotopic (exact) mass is 472 g/mol. The van der Waals surface area contributed by atoms with Gasteiger partial charge < -0.3 is 0 Å². The van der Waals surface area contributed by atoms with Crippen LogP contribution in [0.25, 0.3) is 11.1 Å². The van der Waals surface area contributed by atoms with Crippen LogP contribution in [0.4, 0.5) is 0 Å². The van der Waals surface area contributed by atoms with Gasteiger partial charge in [-0.3, -0.25) is 0 Å². The number of hydrogen-bond donors (Lipinski definition) is 0. The van der Waals surface area contributed by atoms with Crippen molar-refractivity contribution in [1.29, 1.82) is 0 Å². The van der Waals surface area contributed by atoms with Crippen LogP contribution < -0.4 is 0 Å². The second-order valence-corrected chi connectivity index (χ2v) is 12.1. The van der Waals surface area contributed by atoms with Gasteiger partial charge in [-0.05, 0) is 84.5 Å². The van der Waals surface area contributed by atoms with Crippen molar-refractivity contribution in [1.82, 2.24) is 0 Å². The van der Waals surface area contributed by atoms with Crippen molar-refractivity contribution in [3.63, 3.8) is 0 Å². The molecule has 35 heavy (non-hydrogen) atoms. The summed E-state index contributed by atoms with van der Waals surface area (Å²) < 4.78 is 0. The van der Waals surface area contributed by atoms with E-state index in [1.165, 1.54) is 120 Å². The second-order valence-electron chi connectivity index (χ2n) is 12.1. The molecule has 0 aliphatic heterocycles. The zero-order valence-electron chi connectivity index (χ0n) is 22.9. The van der Waals surface area contributed by atoms with Crippen molar-refractivity contribution in [2.75, 3.05) is 0 Å². The van der Waals surface area contributed by atoms with E-state index in [1.54, 1.807) is 11.1 Å². The highest BCUT2D eigenvalue weighted by molar-refractivity contribution is 5.68. The summed E-state index contributed by atoms with van der Waals surface area (Å²) in [6.07, 6.45) is 24.2. The Labute approximate surface area is 217 Å². The maximum absolute atomic E-state index is 2.64. The van der Waals surface area contributed by atoms with Crippen LogP contribution in [0.3, 0.4) is 0 Å². The van der Waals surface area contributed by atoms with Crippen LogP contribution in [0.2, 0.25) is 0 Å². The smallest absolute Gasteiger partial charge is 0.0149 e. The molecule has 0 aromatic heterocycles. The summed E-state index contributed by atoms with van der Waals surface area (Å²) in [5, 5.41) is 0. The molecule has 0 unspecified atom stereocenters. The fourth-order valence-electron chi connectivity index (χ4n) is 7.10. The summed E-state index contributed by atoms with van der Waals surface area (Å²) in [5.41, 5.74) is 6.16. The van der Waals surface area contributed by atoms with Crippen molar-refractivity contribution >= 4 is 0 Å². The molecule has 2 aromatic carbocycles. The lowest BCUT2D eigenvalue weighted by atomic mass is 9.74. The summed E-state index contributed by atoms with van der Waals surface area (Å²) in [6, 6.07) is 18.7. The van der Waals surface area contributed by atoms with E-state index in [0.717, 1.165) is 23.7 Å². The molecule has 0 heteroatoms. The second kappa shape index (κ2) is 14.2. The molecule has 2 aliphatic carbocycles. The molecular formula is C35H52. The Kier molecular flexibility index (Phi) is 10.8. The predicted octanol–water partition coefficient (Wildman–Crippen LogP) is 11.1. The number of unbranched alkanes of at least 4 members (excludes halogenated alkanes) is 3. The number of benzene rings is 2. The van der Waals surface area contributed by atoms with Crippen LogP contribution in [-0.2, 0) is 6.42 Å². The summed E-state index contributed by atoms with van der Waals surface area (Å²) in [6.45, 7) is 4.66. The molecule has 0 spiro atoms. The van der Waals surface area contributed by atoms with E-state index in [1.807, 2.05) is 0 Å². The van der Waals surface area contributed by atoms with Gasteiger partial charge in [0.1, 0.15) is 0 Å². The van der Waals surface area contributed by atoms with E-state index in [-0.39, 0.29) is 0 Å². The van der Waals surface area contributed by atoms with Gasteiger partial charge >= 0.3 is 0 Å². The van der Waals surface area contributed by atoms with Crippen molar-refractivity contribution in [2.24, 2.45) is 17.8 Å². The van der Waals surface area contributed by atoms with E-state index < -0.39 is 0 Å². The van der Waals surface area contributed by atoms with Crippen molar-refractivity contribution in [2.45, 2.75) is 129 Å². The van der Waals surface area contributed by atoms with Gasteiger partial charge in [-0.25, -0.2) is 0 Å². The molecule has 0 saturated heterocycles. The largest absolute Gasteiger partial charge is 0.0654 e. The minimum absolute atomic E-state index is 0.751. The third-order valence-corrected chi connectivity index (χ3v) is 9.48. The Bertz CT molecular complexity index is 834. The molecule has 2 aliphatic rings. The van der Waals surface area contributed by atoms with E-state index in [4.69, 9.17) is 0 Å². The molecule has 0 atom stereocenters. The molecule has 192 valence electrons. The molecule has 0 nitrogen and oxygen atoms in total. The lowest BCUT2D eigenvalue weighted by Crippen LogP contribution is -2.16. The van der Waals surface area contributed by atoms with Crippen LogP contribution in [-0.4, -0.2) is 0 Å². The quantitative estimate of drug-likeness (QED) is 0.269. The third-order valence-electron chi connectivity index (χ3n) is 9.48. The van der Waals surface area contributed by atoms with E-state index in [2.05, 4.69) is 62.4 Å². The molecule has 0 N–H and O–H groups in total. The van der Waals surface area contributed by atoms with Gasteiger partial charge in [0.15, 0.2) is 0 Å². The topological polar surface area (TPSA) is 0 Å². The first-order valence-electron chi connectivity index (χ1n) is 15.4. The Hall–Kier alpha value is -1.56. The lowest BCUT2D eigenvalue weighted by Gasteiger charge is -2.31. The Balaban J connectivity index is 1.39. The van der Waals surface area contributed by atoms with Gasteiger partial charge in [0.05, 0.1) is 0 Å². The summed E-state index contributed by atoms with van der Waals surface area (Å²) in [4.78, 5) is 0. The first-order chi connectivity index (χ1) is 17.3. The molecule has 0 amide bonds. The highest BCUT2D eigenvalue weighted by Crippen LogP contribution is 2.42. The molecule has 4 rings (SSSR count). The fourth-order valence-corrected chi connectivity index (χ4v) is 7.10. The Morgan fingerprint density at radius 2 is 1.20 bits per heavy atom. The Morgan fingerprint density at radius 3 is 1.86 bits per heavy atom.